The van der Waals surface area contributed by atoms with E-state index in [4.69, 9.17) is 0 Å². The molecule has 0 fully saturated rings. The minimum atomic E-state index is 1.29. The largest absolute Gasteiger partial charge is 0.343 e. The molecule has 2 heterocycles. The third-order valence-electron chi connectivity index (χ3n) is 2.99. The first-order chi connectivity index (χ1) is 7.27. The number of nitrogens with zero attached hydrogens (tertiary/aromatic N) is 2. The van der Waals surface area contributed by atoms with Crippen molar-refractivity contribution < 1.29 is 4.57 Å². The zero-order chi connectivity index (χ0) is 10.4. The summed E-state index contributed by atoms with van der Waals surface area (Å²) >= 11 is 0. The van der Waals surface area contributed by atoms with Gasteiger partial charge in [-0.1, -0.05) is 18.2 Å². The van der Waals surface area contributed by atoms with E-state index in [9.17, 15) is 0 Å². The lowest BCUT2D eigenvalue weighted by Gasteiger charge is -1.95. The molecule has 0 saturated heterocycles. The van der Waals surface area contributed by atoms with Crippen LogP contribution >= 0.6 is 0 Å². The van der Waals surface area contributed by atoms with Crippen LogP contribution in [-0.4, -0.2) is 4.57 Å². The van der Waals surface area contributed by atoms with Crippen molar-refractivity contribution in [2.75, 3.05) is 0 Å². The molecule has 0 bridgehead atoms. The molecule has 1 aromatic carbocycles. The minimum Gasteiger partial charge on any atom is -0.343 e. The fourth-order valence-electron chi connectivity index (χ4n) is 2.21. The Kier molecular flexibility index (Phi) is 1.60. The molecule has 0 saturated carbocycles. The Morgan fingerprint density at radius 3 is 2.60 bits per heavy atom. The van der Waals surface area contributed by atoms with Crippen LogP contribution in [0.25, 0.3) is 21.8 Å². The molecule has 0 N–H and O–H groups in total. The molecule has 0 unspecified atom stereocenters. The lowest BCUT2D eigenvalue weighted by atomic mass is 10.2. The maximum atomic E-state index is 2.24. The van der Waals surface area contributed by atoms with E-state index in [-0.39, 0.29) is 0 Å². The number of hydrogen-bond acceptors (Lipinski definition) is 0. The van der Waals surface area contributed by atoms with Gasteiger partial charge in [-0.15, -0.1) is 0 Å². The van der Waals surface area contributed by atoms with Gasteiger partial charge in [-0.3, -0.25) is 0 Å². The molecule has 2 aromatic heterocycles. The molecule has 15 heavy (non-hydrogen) atoms. The van der Waals surface area contributed by atoms with Gasteiger partial charge in [-0.2, -0.15) is 0 Å². The predicted molar refractivity (Wildman–Crippen MR) is 61.6 cm³/mol. The number of aryl methyl sites for hydroxylation is 2. The van der Waals surface area contributed by atoms with E-state index in [0.29, 0.717) is 0 Å². The number of hydrogen-bond donors (Lipinski definition) is 0. The number of pyridine rings is 1. The SMILES string of the molecule is Cn1c2ccccc2c2c[n+](C)ccc21. The monoisotopic (exact) mass is 197 g/mol. The maximum Gasteiger partial charge on any atom is 0.178 e. The zero-order valence-electron chi connectivity index (χ0n) is 8.94. The Hall–Kier alpha value is -1.83. The number of aromatic nitrogens is 2. The molecule has 3 aromatic rings. The Balaban J connectivity index is 2.64. The van der Waals surface area contributed by atoms with Gasteiger partial charge in [0.15, 0.2) is 12.4 Å². The third kappa shape index (κ3) is 1.08. The fraction of sp³-hybridized carbons (Fsp3) is 0.154. The van der Waals surface area contributed by atoms with Crippen LogP contribution in [0.15, 0.2) is 42.7 Å². The maximum absolute atomic E-state index is 2.24. The molecule has 0 spiro atoms. The number of rotatable bonds is 0. The summed E-state index contributed by atoms with van der Waals surface area (Å²) in [5.74, 6) is 0. The first-order valence-electron chi connectivity index (χ1n) is 5.10. The first kappa shape index (κ1) is 8.48. The normalized spacial score (nSPS) is 11.3. The van der Waals surface area contributed by atoms with Crippen LogP contribution in [0.1, 0.15) is 0 Å². The minimum absolute atomic E-state index is 1.29. The van der Waals surface area contributed by atoms with Crippen molar-refractivity contribution >= 4 is 21.8 Å². The summed E-state index contributed by atoms with van der Waals surface area (Å²) in [5.41, 5.74) is 2.58. The summed E-state index contributed by atoms with van der Waals surface area (Å²) < 4.78 is 4.33. The molecule has 74 valence electrons. The third-order valence-corrected chi connectivity index (χ3v) is 2.99. The van der Waals surface area contributed by atoms with Crippen molar-refractivity contribution in [1.82, 2.24) is 4.57 Å². The number of fused-ring (bicyclic) bond motifs is 3. The summed E-state index contributed by atoms with van der Waals surface area (Å²) in [5, 5.41) is 2.64. The lowest BCUT2D eigenvalue weighted by Crippen LogP contribution is -2.25. The highest BCUT2D eigenvalue weighted by Crippen LogP contribution is 2.25. The second-order valence-electron chi connectivity index (χ2n) is 3.99. The van der Waals surface area contributed by atoms with Gasteiger partial charge in [0.05, 0.1) is 10.9 Å². The quantitative estimate of drug-likeness (QED) is 0.488. The summed E-state index contributed by atoms with van der Waals surface area (Å²) in [4.78, 5) is 0. The van der Waals surface area contributed by atoms with Crippen molar-refractivity contribution in [3.63, 3.8) is 0 Å². The van der Waals surface area contributed by atoms with E-state index < -0.39 is 0 Å². The summed E-state index contributed by atoms with van der Waals surface area (Å²) in [6, 6.07) is 10.7. The Labute approximate surface area is 88.4 Å². The summed E-state index contributed by atoms with van der Waals surface area (Å²) in [7, 11) is 4.17. The van der Waals surface area contributed by atoms with Crippen molar-refractivity contribution in [3.05, 3.63) is 42.7 Å². The molecule has 0 amide bonds. The molecule has 0 aliphatic rings. The topological polar surface area (TPSA) is 8.81 Å². The molecule has 0 radical (unpaired) electrons. The van der Waals surface area contributed by atoms with E-state index in [0.717, 1.165) is 0 Å². The van der Waals surface area contributed by atoms with Crippen LogP contribution in [0.5, 0.6) is 0 Å². The average Bonchev–Trinajstić information content (AvgIpc) is 2.54. The Morgan fingerprint density at radius 2 is 1.73 bits per heavy atom. The van der Waals surface area contributed by atoms with Gasteiger partial charge in [0.2, 0.25) is 0 Å². The Morgan fingerprint density at radius 1 is 1.00 bits per heavy atom. The molecule has 2 heteroatoms. The Bertz CT molecular complexity index is 650. The highest BCUT2D eigenvalue weighted by Gasteiger charge is 2.09. The van der Waals surface area contributed by atoms with Crippen molar-refractivity contribution in [2.45, 2.75) is 0 Å². The van der Waals surface area contributed by atoms with Crippen LogP contribution in [0.3, 0.4) is 0 Å². The van der Waals surface area contributed by atoms with Gasteiger partial charge in [0.25, 0.3) is 0 Å². The molecule has 0 atom stereocenters. The van der Waals surface area contributed by atoms with Gasteiger partial charge in [0, 0.05) is 24.0 Å². The average molecular weight is 197 g/mol. The molecule has 0 aliphatic heterocycles. The van der Waals surface area contributed by atoms with Crippen molar-refractivity contribution in [3.8, 4) is 0 Å². The standard InChI is InChI=1S/C13H13N2/c1-14-8-7-13-11(9-14)10-5-3-4-6-12(10)15(13)2/h3-9H,1-2H3/q+1. The van der Waals surface area contributed by atoms with E-state index in [1.165, 1.54) is 21.8 Å². The molecule has 3 rings (SSSR count). The van der Waals surface area contributed by atoms with Gasteiger partial charge in [0.1, 0.15) is 7.05 Å². The van der Waals surface area contributed by atoms with Crippen LogP contribution < -0.4 is 4.57 Å². The second kappa shape index (κ2) is 2.83. The lowest BCUT2D eigenvalue weighted by molar-refractivity contribution is -0.670. The fourth-order valence-corrected chi connectivity index (χ4v) is 2.21. The molecular weight excluding hydrogens is 184 g/mol. The van der Waals surface area contributed by atoms with Crippen molar-refractivity contribution in [1.29, 1.82) is 0 Å². The van der Waals surface area contributed by atoms with Crippen LogP contribution in [0.4, 0.5) is 0 Å². The molecule has 0 aliphatic carbocycles. The number of para-hydroxylation sites is 1. The van der Waals surface area contributed by atoms with Crippen molar-refractivity contribution in [2.24, 2.45) is 14.1 Å². The van der Waals surface area contributed by atoms with E-state index in [1.807, 2.05) is 0 Å². The van der Waals surface area contributed by atoms with E-state index in [2.05, 4.69) is 66.0 Å². The summed E-state index contributed by atoms with van der Waals surface area (Å²) in [6.07, 6.45) is 4.26. The second-order valence-corrected chi connectivity index (χ2v) is 3.99. The van der Waals surface area contributed by atoms with Crippen LogP contribution in [-0.2, 0) is 14.1 Å². The van der Waals surface area contributed by atoms with E-state index in [1.54, 1.807) is 0 Å². The predicted octanol–water partition coefficient (Wildman–Crippen LogP) is 2.16. The highest BCUT2D eigenvalue weighted by molar-refractivity contribution is 6.07. The van der Waals surface area contributed by atoms with Gasteiger partial charge >= 0.3 is 0 Å². The van der Waals surface area contributed by atoms with Gasteiger partial charge in [-0.25, -0.2) is 4.57 Å². The van der Waals surface area contributed by atoms with Gasteiger partial charge in [-0.05, 0) is 6.07 Å². The summed E-state index contributed by atoms with van der Waals surface area (Å²) in [6.45, 7) is 0. The van der Waals surface area contributed by atoms with E-state index >= 15 is 0 Å². The van der Waals surface area contributed by atoms with Gasteiger partial charge < -0.3 is 4.57 Å². The molecule has 2 nitrogen and oxygen atoms in total. The molecular formula is C13H13N2+. The van der Waals surface area contributed by atoms with Crippen LogP contribution in [0, 0.1) is 0 Å². The first-order valence-corrected chi connectivity index (χ1v) is 5.10. The zero-order valence-corrected chi connectivity index (χ0v) is 8.94. The van der Waals surface area contributed by atoms with Crippen LogP contribution in [0.2, 0.25) is 0 Å². The number of benzene rings is 1. The smallest absolute Gasteiger partial charge is 0.178 e. The highest BCUT2D eigenvalue weighted by atomic mass is 15.0.